The quantitative estimate of drug-likeness (QED) is 0.434. The first-order chi connectivity index (χ1) is 17.6. The molecule has 196 valence electrons. The molecule has 4 rings (SSSR count). The van der Waals surface area contributed by atoms with Crippen molar-refractivity contribution in [1.29, 1.82) is 0 Å². The van der Waals surface area contributed by atoms with Crippen LogP contribution in [-0.2, 0) is 32.0 Å². The summed E-state index contributed by atoms with van der Waals surface area (Å²) >= 11 is 0. The molecule has 0 aromatic heterocycles. The van der Waals surface area contributed by atoms with Gasteiger partial charge in [0.1, 0.15) is 17.3 Å². The minimum absolute atomic E-state index is 0.00856. The molecule has 3 amide bonds. The third-order valence-electron chi connectivity index (χ3n) is 7.50. The van der Waals surface area contributed by atoms with Crippen LogP contribution in [0, 0.1) is 5.41 Å². The van der Waals surface area contributed by atoms with E-state index in [0.29, 0.717) is 18.6 Å². The van der Waals surface area contributed by atoms with E-state index < -0.39 is 34.9 Å². The molecule has 1 aliphatic heterocycles. The van der Waals surface area contributed by atoms with Gasteiger partial charge in [-0.2, -0.15) is 0 Å². The average molecular weight is 506 g/mol. The van der Waals surface area contributed by atoms with Gasteiger partial charge in [-0.05, 0) is 55.9 Å². The van der Waals surface area contributed by atoms with Gasteiger partial charge in [0.05, 0.1) is 13.2 Å². The highest BCUT2D eigenvalue weighted by Crippen LogP contribution is 2.46. The van der Waals surface area contributed by atoms with Crippen LogP contribution < -0.4 is 20.7 Å². The summed E-state index contributed by atoms with van der Waals surface area (Å²) in [6.07, 6.45) is 2.80. The van der Waals surface area contributed by atoms with Gasteiger partial charge in [0.25, 0.3) is 0 Å². The number of nitrogens with one attached hydrogen (secondary N) is 3. The lowest BCUT2D eigenvalue weighted by Crippen LogP contribution is -2.59. The lowest BCUT2D eigenvalue weighted by Gasteiger charge is -2.28. The maximum Gasteiger partial charge on any atom is 0.246 e. The van der Waals surface area contributed by atoms with E-state index in [2.05, 4.69) is 16.0 Å². The normalized spacial score (nSPS) is 21.3. The molecule has 2 aromatic carbocycles. The number of ketones is 1. The molecule has 3 unspecified atom stereocenters. The van der Waals surface area contributed by atoms with E-state index in [9.17, 15) is 19.2 Å². The number of Topliss-reactive ketones (excluding diaryl/α,β-unsaturated/α-hetero) is 1. The van der Waals surface area contributed by atoms with Crippen molar-refractivity contribution in [3.63, 3.8) is 0 Å². The third-order valence-corrected chi connectivity index (χ3v) is 7.50. The molecule has 0 bridgehead atoms. The molecule has 2 fully saturated rings. The standard InChI is InChI=1S/C29H35N3O5/c1-28(15-16-28)25(34)22(17-19-7-5-4-6-8-19)30-26(35)23(18-20-9-11-21(37-3)12-10-20)31-27(36)29(2)14-13-24(33)32-29/h4-12,22-23H,13-18H2,1-3H3,(H,30,35)(H,31,36)(H,32,33). The number of carbonyl (C=O) groups is 4. The lowest BCUT2D eigenvalue weighted by atomic mass is 9.92. The minimum Gasteiger partial charge on any atom is -0.497 e. The average Bonchev–Trinajstić information content (AvgIpc) is 3.55. The van der Waals surface area contributed by atoms with Crippen LogP contribution in [0.15, 0.2) is 54.6 Å². The van der Waals surface area contributed by atoms with E-state index >= 15 is 0 Å². The van der Waals surface area contributed by atoms with Crippen LogP contribution in [0.4, 0.5) is 0 Å². The first-order valence-electron chi connectivity index (χ1n) is 12.8. The van der Waals surface area contributed by atoms with E-state index in [1.165, 1.54) is 0 Å². The maximum atomic E-state index is 13.7. The second-order valence-electron chi connectivity index (χ2n) is 10.6. The highest BCUT2D eigenvalue weighted by atomic mass is 16.5. The summed E-state index contributed by atoms with van der Waals surface area (Å²) < 4.78 is 5.22. The summed E-state index contributed by atoms with van der Waals surface area (Å²) in [5, 5.41) is 8.53. The third kappa shape index (κ3) is 6.37. The Bertz CT molecular complexity index is 1160. The minimum atomic E-state index is -1.09. The fourth-order valence-electron chi connectivity index (χ4n) is 4.68. The monoisotopic (exact) mass is 505 g/mol. The summed E-state index contributed by atoms with van der Waals surface area (Å²) in [5.74, 6) is -0.363. The second kappa shape index (κ2) is 10.7. The fourth-order valence-corrected chi connectivity index (χ4v) is 4.68. The van der Waals surface area contributed by atoms with Crippen molar-refractivity contribution < 1.29 is 23.9 Å². The van der Waals surface area contributed by atoms with Crippen molar-refractivity contribution in [2.24, 2.45) is 5.41 Å². The number of hydrogen-bond donors (Lipinski definition) is 3. The molecule has 3 atom stereocenters. The van der Waals surface area contributed by atoms with Gasteiger partial charge in [0.2, 0.25) is 17.7 Å². The topological polar surface area (TPSA) is 114 Å². The van der Waals surface area contributed by atoms with Crippen molar-refractivity contribution >= 4 is 23.5 Å². The molecule has 1 saturated heterocycles. The molecule has 8 heteroatoms. The molecular formula is C29H35N3O5. The first kappa shape index (κ1) is 26.4. The summed E-state index contributed by atoms with van der Waals surface area (Å²) in [6, 6.07) is 15.2. The Morgan fingerprint density at radius 2 is 1.51 bits per heavy atom. The number of hydrogen-bond acceptors (Lipinski definition) is 5. The van der Waals surface area contributed by atoms with Crippen LogP contribution in [0.5, 0.6) is 5.75 Å². The zero-order chi connectivity index (χ0) is 26.6. The van der Waals surface area contributed by atoms with Gasteiger partial charge in [-0.25, -0.2) is 0 Å². The highest BCUT2D eigenvalue weighted by Gasteiger charge is 2.48. The number of rotatable bonds is 11. The molecule has 0 radical (unpaired) electrons. The Balaban J connectivity index is 1.55. The molecule has 2 aromatic rings. The van der Waals surface area contributed by atoms with Gasteiger partial charge in [0, 0.05) is 18.3 Å². The van der Waals surface area contributed by atoms with Gasteiger partial charge in [-0.1, -0.05) is 49.4 Å². The number of carbonyl (C=O) groups excluding carboxylic acids is 4. The first-order valence-corrected chi connectivity index (χ1v) is 12.8. The van der Waals surface area contributed by atoms with Crippen molar-refractivity contribution in [2.75, 3.05) is 7.11 Å². The van der Waals surface area contributed by atoms with Crippen molar-refractivity contribution in [2.45, 2.75) is 70.0 Å². The zero-order valence-corrected chi connectivity index (χ0v) is 21.6. The summed E-state index contributed by atoms with van der Waals surface area (Å²) in [4.78, 5) is 52.0. The van der Waals surface area contributed by atoms with Gasteiger partial charge in [-0.15, -0.1) is 0 Å². The number of amides is 3. The smallest absolute Gasteiger partial charge is 0.246 e. The van der Waals surface area contributed by atoms with Gasteiger partial charge in [-0.3, -0.25) is 19.2 Å². The van der Waals surface area contributed by atoms with Crippen LogP contribution in [-0.4, -0.2) is 48.2 Å². The molecule has 1 heterocycles. The van der Waals surface area contributed by atoms with Crippen molar-refractivity contribution in [1.82, 2.24) is 16.0 Å². The molecular weight excluding hydrogens is 470 g/mol. The Morgan fingerprint density at radius 3 is 2.08 bits per heavy atom. The molecule has 0 spiro atoms. The predicted molar refractivity (Wildman–Crippen MR) is 139 cm³/mol. The van der Waals surface area contributed by atoms with Crippen molar-refractivity contribution in [3.05, 3.63) is 65.7 Å². The molecule has 37 heavy (non-hydrogen) atoms. The molecule has 2 aliphatic rings. The number of benzene rings is 2. The van der Waals surface area contributed by atoms with Crippen LogP contribution in [0.1, 0.15) is 50.7 Å². The highest BCUT2D eigenvalue weighted by molar-refractivity contribution is 5.99. The van der Waals surface area contributed by atoms with Crippen LogP contribution in [0.2, 0.25) is 0 Å². The van der Waals surface area contributed by atoms with E-state index in [1.807, 2.05) is 49.4 Å². The maximum absolute atomic E-state index is 13.7. The number of methoxy groups -OCH3 is 1. The van der Waals surface area contributed by atoms with E-state index in [1.54, 1.807) is 26.2 Å². The Hall–Kier alpha value is -3.68. The Kier molecular flexibility index (Phi) is 7.66. The summed E-state index contributed by atoms with van der Waals surface area (Å²) in [7, 11) is 1.58. The van der Waals surface area contributed by atoms with Crippen LogP contribution in [0.3, 0.4) is 0 Å². The Labute approximate surface area is 217 Å². The van der Waals surface area contributed by atoms with E-state index in [-0.39, 0.29) is 24.5 Å². The number of ether oxygens (including phenoxy) is 1. The molecule has 8 nitrogen and oxygen atoms in total. The Morgan fingerprint density at radius 1 is 0.892 bits per heavy atom. The van der Waals surface area contributed by atoms with Crippen LogP contribution in [0.25, 0.3) is 0 Å². The van der Waals surface area contributed by atoms with Crippen molar-refractivity contribution in [3.8, 4) is 5.75 Å². The summed E-state index contributed by atoms with van der Waals surface area (Å²) in [6.45, 7) is 3.59. The fraction of sp³-hybridized carbons (Fsp3) is 0.448. The largest absolute Gasteiger partial charge is 0.497 e. The van der Waals surface area contributed by atoms with E-state index in [0.717, 1.165) is 24.0 Å². The van der Waals surface area contributed by atoms with Crippen LogP contribution >= 0.6 is 0 Å². The van der Waals surface area contributed by atoms with Gasteiger partial charge < -0.3 is 20.7 Å². The van der Waals surface area contributed by atoms with Gasteiger partial charge >= 0.3 is 0 Å². The lowest BCUT2D eigenvalue weighted by molar-refractivity contribution is -0.135. The second-order valence-corrected chi connectivity index (χ2v) is 10.6. The van der Waals surface area contributed by atoms with E-state index in [4.69, 9.17) is 4.74 Å². The zero-order valence-electron chi connectivity index (χ0n) is 21.6. The summed E-state index contributed by atoms with van der Waals surface area (Å²) in [5.41, 5.74) is 0.253. The molecule has 3 N–H and O–H groups in total. The molecule has 1 aliphatic carbocycles. The molecule has 1 saturated carbocycles. The predicted octanol–water partition coefficient (Wildman–Crippen LogP) is 2.49. The SMILES string of the molecule is COc1ccc(CC(NC(=O)C2(C)CCC(=O)N2)C(=O)NC(Cc2ccccc2)C(=O)C2(C)CC2)cc1. The van der Waals surface area contributed by atoms with Gasteiger partial charge in [0.15, 0.2) is 5.78 Å².